The number of nitrogens with one attached hydrogen (secondary N) is 1. The van der Waals surface area contributed by atoms with Gasteiger partial charge in [-0.05, 0) is 42.5 Å². The maximum Gasteiger partial charge on any atom is 0.326 e. The molecule has 0 aliphatic carbocycles. The molecule has 0 unspecified atom stereocenters. The summed E-state index contributed by atoms with van der Waals surface area (Å²) in [6, 6.07) is 18.0. The number of benzene rings is 2. The fourth-order valence-electron chi connectivity index (χ4n) is 4.01. The van der Waals surface area contributed by atoms with Crippen molar-refractivity contribution in [1.29, 1.82) is 0 Å². The Morgan fingerprint density at radius 2 is 1.78 bits per heavy atom. The molecule has 0 saturated carbocycles. The van der Waals surface area contributed by atoms with Gasteiger partial charge in [0.05, 0.1) is 15.9 Å². The standard InChI is InChI=1S/C21H19N3O2S/c25-20(19-13-14-5-1-4-8-18(14)27-19)23-11-9-15(10-12-23)24-17-7-3-2-6-16(17)22-21(24)26/h1-8,13,15H,9-12H2,(H,22,26). The second-order valence-corrected chi connectivity index (χ2v) is 8.07. The number of hydrogen-bond acceptors (Lipinski definition) is 3. The summed E-state index contributed by atoms with van der Waals surface area (Å²) in [5.41, 5.74) is 1.74. The Bertz CT molecular complexity index is 1160. The molecular formula is C21H19N3O2S. The number of rotatable bonds is 2. The summed E-state index contributed by atoms with van der Waals surface area (Å²) >= 11 is 1.55. The first kappa shape index (κ1) is 16.3. The number of aromatic nitrogens is 2. The molecule has 5 rings (SSSR count). The van der Waals surface area contributed by atoms with Crippen LogP contribution in [0.5, 0.6) is 0 Å². The molecule has 4 aromatic rings. The van der Waals surface area contributed by atoms with Gasteiger partial charge in [0.2, 0.25) is 0 Å². The van der Waals surface area contributed by atoms with E-state index in [1.54, 1.807) is 11.3 Å². The number of piperidine rings is 1. The zero-order valence-corrected chi connectivity index (χ0v) is 15.5. The first-order valence-corrected chi connectivity index (χ1v) is 9.99. The summed E-state index contributed by atoms with van der Waals surface area (Å²) < 4.78 is 3.00. The van der Waals surface area contributed by atoms with Gasteiger partial charge in [-0.15, -0.1) is 11.3 Å². The molecule has 0 spiro atoms. The van der Waals surface area contributed by atoms with Crippen molar-refractivity contribution in [3.05, 3.63) is 70.0 Å². The number of thiophene rings is 1. The van der Waals surface area contributed by atoms with Gasteiger partial charge in [0.25, 0.3) is 5.91 Å². The first-order valence-electron chi connectivity index (χ1n) is 9.18. The number of nitrogens with zero attached hydrogens (tertiary/aromatic N) is 2. The number of amides is 1. The second kappa shape index (κ2) is 6.39. The molecule has 2 aromatic heterocycles. The molecule has 1 N–H and O–H groups in total. The van der Waals surface area contributed by atoms with Gasteiger partial charge >= 0.3 is 5.69 Å². The Labute approximate surface area is 159 Å². The highest BCUT2D eigenvalue weighted by Crippen LogP contribution is 2.29. The Kier molecular flexibility index (Phi) is 3.86. The third kappa shape index (κ3) is 2.77. The maximum absolute atomic E-state index is 12.9. The van der Waals surface area contributed by atoms with E-state index in [1.807, 2.05) is 64.1 Å². The van der Waals surface area contributed by atoms with E-state index in [2.05, 4.69) is 4.98 Å². The van der Waals surface area contributed by atoms with Crippen LogP contribution in [0.3, 0.4) is 0 Å². The Morgan fingerprint density at radius 3 is 2.59 bits per heavy atom. The van der Waals surface area contributed by atoms with Crippen molar-refractivity contribution < 1.29 is 4.79 Å². The van der Waals surface area contributed by atoms with E-state index in [-0.39, 0.29) is 17.6 Å². The summed E-state index contributed by atoms with van der Waals surface area (Å²) in [6.07, 6.45) is 1.58. The van der Waals surface area contributed by atoms with Crippen molar-refractivity contribution >= 4 is 38.4 Å². The van der Waals surface area contributed by atoms with Gasteiger partial charge in [-0.1, -0.05) is 30.3 Å². The number of carbonyl (C=O) groups is 1. The van der Waals surface area contributed by atoms with Crippen LogP contribution in [0, 0.1) is 0 Å². The number of para-hydroxylation sites is 2. The summed E-state index contributed by atoms with van der Waals surface area (Å²) in [5, 5.41) is 1.12. The molecule has 1 amide bonds. The molecule has 0 radical (unpaired) electrons. The Balaban J connectivity index is 1.36. The molecule has 0 atom stereocenters. The minimum atomic E-state index is -0.0644. The van der Waals surface area contributed by atoms with Gasteiger partial charge in [-0.3, -0.25) is 9.36 Å². The zero-order valence-electron chi connectivity index (χ0n) is 14.7. The Hall–Kier alpha value is -2.86. The molecule has 3 heterocycles. The maximum atomic E-state index is 12.9. The third-order valence-corrected chi connectivity index (χ3v) is 6.48. The highest BCUT2D eigenvalue weighted by Gasteiger charge is 2.27. The lowest BCUT2D eigenvalue weighted by molar-refractivity contribution is 0.0700. The largest absolute Gasteiger partial charge is 0.338 e. The van der Waals surface area contributed by atoms with Gasteiger partial charge < -0.3 is 9.88 Å². The normalized spacial score (nSPS) is 15.6. The van der Waals surface area contributed by atoms with Gasteiger partial charge in [0, 0.05) is 23.8 Å². The molecule has 1 aliphatic heterocycles. The highest BCUT2D eigenvalue weighted by atomic mass is 32.1. The number of fused-ring (bicyclic) bond motifs is 2. The molecular weight excluding hydrogens is 358 g/mol. The van der Waals surface area contributed by atoms with Gasteiger partial charge in [-0.2, -0.15) is 0 Å². The van der Waals surface area contributed by atoms with Crippen LogP contribution in [0.4, 0.5) is 0 Å². The van der Waals surface area contributed by atoms with Crippen molar-refractivity contribution in [2.45, 2.75) is 18.9 Å². The van der Waals surface area contributed by atoms with Gasteiger partial charge in [0.1, 0.15) is 0 Å². The summed E-state index contributed by atoms with van der Waals surface area (Å²) in [4.78, 5) is 30.9. The summed E-state index contributed by atoms with van der Waals surface area (Å²) in [7, 11) is 0. The van der Waals surface area contributed by atoms with E-state index in [1.165, 1.54) is 0 Å². The molecule has 136 valence electrons. The van der Waals surface area contributed by atoms with Crippen LogP contribution in [-0.4, -0.2) is 33.4 Å². The molecule has 1 saturated heterocycles. The van der Waals surface area contributed by atoms with Crippen molar-refractivity contribution in [1.82, 2.24) is 14.5 Å². The number of hydrogen-bond donors (Lipinski definition) is 1. The third-order valence-electron chi connectivity index (χ3n) is 5.38. The number of H-pyrrole nitrogens is 1. The van der Waals surface area contributed by atoms with Crippen LogP contribution in [-0.2, 0) is 0 Å². The second-order valence-electron chi connectivity index (χ2n) is 6.99. The molecule has 27 heavy (non-hydrogen) atoms. The predicted octanol–water partition coefficient (Wildman–Crippen LogP) is 4.02. The average molecular weight is 377 g/mol. The van der Waals surface area contributed by atoms with E-state index in [0.29, 0.717) is 13.1 Å². The smallest absolute Gasteiger partial charge is 0.326 e. The minimum absolute atomic E-state index is 0.0644. The topological polar surface area (TPSA) is 58.1 Å². The fourth-order valence-corrected chi connectivity index (χ4v) is 5.04. The summed E-state index contributed by atoms with van der Waals surface area (Å²) in [5.74, 6) is 0.0981. The lowest BCUT2D eigenvalue weighted by atomic mass is 10.0. The van der Waals surface area contributed by atoms with Crippen LogP contribution < -0.4 is 5.69 Å². The van der Waals surface area contributed by atoms with Crippen LogP contribution in [0.25, 0.3) is 21.1 Å². The highest BCUT2D eigenvalue weighted by molar-refractivity contribution is 7.20. The first-order chi connectivity index (χ1) is 13.2. The fraction of sp³-hybridized carbons (Fsp3) is 0.238. The zero-order chi connectivity index (χ0) is 18.4. The molecule has 1 fully saturated rings. The lowest BCUT2D eigenvalue weighted by Gasteiger charge is -2.32. The van der Waals surface area contributed by atoms with Crippen LogP contribution >= 0.6 is 11.3 Å². The molecule has 2 aromatic carbocycles. The number of aromatic amines is 1. The van der Waals surface area contributed by atoms with E-state index in [9.17, 15) is 9.59 Å². The number of imidazole rings is 1. The molecule has 1 aliphatic rings. The number of likely N-dealkylation sites (tertiary alicyclic amines) is 1. The van der Waals surface area contributed by atoms with Gasteiger partial charge in [-0.25, -0.2) is 4.79 Å². The van der Waals surface area contributed by atoms with Crippen molar-refractivity contribution in [3.63, 3.8) is 0 Å². The number of carbonyl (C=O) groups excluding carboxylic acids is 1. The molecule has 0 bridgehead atoms. The molecule has 5 nitrogen and oxygen atoms in total. The van der Waals surface area contributed by atoms with Crippen LogP contribution in [0.1, 0.15) is 28.6 Å². The van der Waals surface area contributed by atoms with Crippen molar-refractivity contribution in [2.24, 2.45) is 0 Å². The van der Waals surface area contributed by atoms with Crippen LogP contribution in [0.2, 0.25) is 0 Å². The lowest BCUT2D eigenvalue weighted by Crippen LogP contribution is -2.40. The minimum Gasteiger partial charge on any atom is -0.338 e. The van der Waals surface area contributed by atoms with Crippen molar-refractivity contribution in [2.75, 3.05) is 13.1 Å². The van der Waals surface area contributed by atoms with E-state index < -0.39 is 0 Å². The monoisotopic (exact) mass is 377 g/mol. The summed E-state index contributed by atoms with van der Waals surface area (Å²) in [6.45, 7) is 1.34. The van der Waals surface area contributed by atoms with Gasteiger partial charge in [0.15, 0.2) is 0 Å². The van der Waals surface area contributed by atoms with E-state index in [4.69, 9.17) is 0 Å². The quantitative estimate of drug-likeness (QED) is 0.574. The van der Waals surface area contributed by atoms with E-state index >= 15 is 0 Å². The average Bonchev–Trinajstić information content (AvgIpc) is 3.27. The van der Waals surface area contributed by atoms with Crippen LogP contribution in [0.15, 0.2) is 59.4 Å². The Morgan fingerprint density at radius 1 is 1.04 bits per heavy atom. The molecule has 6 heteroatoms. The van der Waals surface area contributed by atoms with Crippen molar-refractivity contribution in [3.8, 4) is 0 Å². The predicted molar refractivity (Wildman–Crippen MR) is 109 cm³/mol. The van der Waals surface area contributed by atoms with E-state index in [0.717, 1.165) is 38.8 Å². The SMILES string of the molecule is O=C(c1cc2ccccc2s1)N1CCC(n2c(=O)[nH]c3ccccc32)CC1.